The zero-order chi connectivity index (χ0) is 22.9. The van der Waals surface area contributed by atoms with Crippen LogP contribution in [0.25, 0.3) is 0 Å². The van der Waals surface area contributed by atoms with E-state index in [2.05, 4.69) is 22.3 Å². The van der Waals surface area contributed by atoms with Crippen LogP contribution in [-0.2, 0) is 19.1 Å². The molecular formula is C24H26ClF3N2O2. The topological polar surface area (TPSA) is 52.6 Å². The van der Waals surface area contributed by atoms with Crippen LogP contribution in [0, 0.1) is 5.92 Å². The van der Waals surface area contributed by atoms with Gasteiger partial charge in [-0.05, 0) is 60.9 Å². The zero-order valence-electron chi connectivity index (χ0n) is 17.5. The summed E-state index contributed by atoms with van der Waals surface area (Å²) in [6.45, 7) is 1.51. The number of amides is 1. The van der Waals surface area contributed by atoms with Gasteiger partial charge in [0.05, 0.1) is 16.1 Å². The number of alkyl halides is 3. The van der Waals surface area contributed by atoms with E-state index in [9.17, 15) is 23.1 Å². The Balaban J connectivity index is 1.31. The molecule has 8 heteroatoms. The van der Waals surface area contributed by atoms with Crippen molar-refractivity contribution in [1.29, 1.82) is 0 Å². The molecular weight excluding hydrogens is 441 g/mol. The van der Waals surface area contributed by atoms with E-state index in [0.717, 1.165) is 57.0 Å². The smallest absolute Gasteiger partial charge is 0.378 e. The van der Waals surface area contributed by atoms with Crippen molar-refractivity contribution in [2.75, 3.05) is 6.54 Å². The van der Waals surface area contributed by atoms with E-state index in [1.165, 1.54) is 11.1 Å². The van der Waals surface area contributed by atoms with Crippen LogP contribution in [0.1, 0.15) is 52.7 Å². The number of rotatable bonds is 4. The Labute approximate surface area is 190 Å². The number of nitrogens with zero attached hydrogens (tertiary/aromatic N) is 1. The monoisotopic (exact) mass is 466 g/mol. The number of aliphatic hydroxyl groups excluding tert-OH is 1. The quantitative estimate of drug-likeness (QED) is 0.665. The molecule has 1 atom stereocenters. The third-order valence-corrected chi connectivity index (χ3v) is 6.86. The Morgan fingerprint density at radius 3 is 2.47 bits per heavy atom. The van der Waals surface area contributed by atoms with Crippen LogP contribution in [0.4, 0.5) is 13.2 Å². The number of carbonyl (C=O) groups is 1. The molecule has 4 rings (SSSR count). The average molecular weight is 467 g/mol. The van der Waals surface area contributed by atoms with Gasteiger partial charge in [-0.1, -0.05) is 35.9 Å². The van der Waals surface area contributed by atoms with Crippen molar-refractivity contribution in [2.45, 2.75) is 57.1 Å². The first-order valence-corrected chi connectivity index (χ1v) is 11.2. The highest BCUT2D eigenvalue weighted by atomic mass is 35.5. The van der Waals surface area contributed by atoms with Crippen LogP contribution >= 0.6 is 11.6 Å². The molecule has 172 valence electrons. The summed E-state index contributed by atoms with van der Waals surface area (Å²) in [6, 6.07) is 10.8. The van der Waals surface area contributed by atoms with Crippen LogP contribution in [-0.4, -0.2) is 34.7 Å². The van der Waals surface area contributed by atoms with Crippen molar-refractivity contribution in [3.05, 3.63) is 69.7 Å². The van der Waals surface area contributed by atoms with Gasteiger partial charge in [0, 0.05) is 25.6 Å². The summed E-state index contributed by atoms with van der Waals surface area (Å²) < 4.78 is 38.9. The second-order valence-electron chi connectivity index (χ2n) is 8.77. The molecule has 0 spiro atoms. The number of halogens is 4. The fraction of sp³-hybridized carbons (Fsp3) is 0.458. The summed E-state index contributed by atoms with van der Waals surface area (Å²) in [7, 11) is 0. The highest BCUT2D eigenvalue weighted by Gasteiger charge is 2.33. The lowest BCUT2D eigenvalue weighted by Crippen LogP contribution is -2.44. The van der Waals surface area contributed by atoms with Crippen LogP contribution in [0.3, 0.4) is 0 Å². The lowest BCUT2D eigenvalue weighted by atomic mass is 9.85. The standard InChI is InChI=1S/C24H26ClF3N2O2/c25-21-10-7-18(24(26,27)28)12-20(21)23(32)29-19-8-5-15(6-9-19)13-30-14-17-4-2-1-3-16(17)11-22(30)31/h1-4,7,10,12,15,19,22,31H,5-6,8-9,11,13-14H2,(H,29,32). The maximum Gasteiger partial charge on any atom is 0.416 e. The molecule has 1 aliphatic heterocycles. The summed E-state index contributed by atoms with van der Waals surface area (Å²) in [5.74, 6) is -0.173. The lowest BCUT2D eigenvalue weighted by Gasteiger charge is -2.38. The van der Waals surface area contributed by atoms with Gasteiger partial charge in [-0.2, -0.15) is 13.2 Å². The van der Waals surface area contributed by atoms with Crippen molar-refractivity contribution >= 4 is 17.5 Å². The minimum Gasteiger partial charge on any atom is -0.378 e. The van der Waals surface area contributed by atoms with Crippen LogP contribution < -0.4 is 5.32 Å². The SMILES string of the molecule is O=C(NC1CCC(CN2Cc3ccccc3CC2O)CC1)c1cc(C(F)(F)F)ccc1Cl. The molecule has 2 aromatic carbocycles. The van der Waals surface area contributed by atoms with Crippen LogP contribution in [0.2, 0.25) is 5.02 Å². The summed E-state index contributed by atoms with van der Waals surface area (Å²) >= 11 is 5.98. The van der Waals surface area contributed by atoms with Gasteiger partial charge >= 0.3 is 6.18 Å². The molecule has 0 aromatic heterocycles. The minimum atomic E-state index is -4.53. The number of benzene rings is 2. The van der Waals surface area contributed by atoms with Crippen LogP contribution in [0.15, 0.2) is 42.5 Å². The molecule has 4 nitrogen and oxygen atoms in total. The number of fused-ring (bicyclic) bond motifs is 1. The van der Waals surface area contributed by atoms with Crippen molar-refractivity contribution in [2.24, 2.45) is 5.92 Å². The first kappa shape index (κ1) is 23.1. The number of carbonyl (C=O) groups excluding carboxylic acids is 1. The normalized spacial score (nSPS) is 24.1. The molecule has 1 unspecified atom stereocenters. The highest BCUT2D eigenvalue weighted by molar-refractivity contribution is 6.33. The van der Waals surface area contributed by atoms with Gasteiger partial charge in [-0.3, -0.25) is 9.69 Å². The maximum absolute atomic E-state index is 13.0. The Hall–Kier alpha value is -2.09. The fourth-order valence-corrected chi connectivity index (χ4v) is 4.91. The number of nitrogens with one attached hydrogen (secondary N) is 1. The molecule has 1 aliphatic carbocycles. The molecule has 1 saturated carbocycles. The first-order chi connectivity index (χ1) is 15.2. The second-order valence-corrected chi connectivity index (χ2v) is 9.17. The first-order valence-electron chi connectivity index (χ1n) is 10.9. The van der Waals surface area contributed by atoms with Crippen molar-refractivity contribution in [3.8, 4) is 0 Å². The molecule has 1 fully saturated rings. The van der Waals surface area contributed by atoms with E-state index in [-0.39, 0.29) is 16.6 Å². The summed E-state index contributed by atoms with van der Waals surface area (Å²) in [6.07, 6.45) is -1.15. The Bertz CT molecular complexity index is 974. The van der Waals surface area contributed by atoms with Crippen molar-refractivity contribution < 1.29 is 23.1 Å². The van der Waals surface area contributed by atoms with Crippen molar-refractivity contribution in [3.63, 3.8) is 0 Å². The molecule has 1 heterocycles. The molecule has 2 aliphatic rings. The highest BCUT2D eigenvalue weighted by Crippen LogP contribution is 2.33. The van der Waals surface area contributed by atoms with E-state index >= 15 is 0 Å². The van der Waals surface area contributed by atoms with Gasteiger partial charge in [-0.15, -0.1) is 0 Å². The van der Waals surface area contributed by atoms with Gasteiger partial charge in [-0.25, -0.2) is 0 Å². The number of aliphatic hydroxyl groups is 1. The van der Waals surface area contributed by atoms with Crippen LogP contribution in [0.5, 0.6) is 0 Å². The van der Waals surface area contributed by atoms with E-state index < -0.39 is 23.9 Å². The largest absolute Gasteiger partial charge is 0.416 e. The summed E-state index contributed by atoms with van der Waals surface area (Å²) in [5, 5.41) is 13.4. The Kier molecular flexibility index (Phi) is 6.79. The molecule has 0 radical (unpaired) electrons. The molecule has 2 N–H and O–H groups in total. The van der Waals surface area contributed by atoms with Gasteiger partial charge in [0.15, 0.2) is 0 Å². The van der Waals surface area contributed by atoms with E-state index in [0.29, 0.717) is 12.3 Å². The number of hydrogen-bond acceptors (Lipinski definition) is 3. The minimum absolute atomic E-state index is 0.00329. The predicted octanol–water partition coefficient (Wildman–Crippen LogP) is 5.02. The maximum atomic E-state index is 13.0. The Morgan fingerprint density at radius 1 is 1.09 bits per heavy atom. The van der Waals surface area contributed by atoms with Gasteiger partial charge in [0.25, 0.3) is 5.91 Å². The zero-order valence-corrected chi connectivity index (χ0v) is 18.3. The van der Waals surface area contributed by atoms with E-state index in [1.807, 2.05) is 12.1 Å². The van der Waals surface area contributed by atoms with Gasteiger partial charge < -0.3 is 10.4 Å². The van der Waals surface area contributed by atoms with Gasteiger partial charge in [0.1, 0.15) is 6.23 Å². The molecule has 32 heavy (non-hydrogen) atoms. The van der Waals surface area contributed by atoms with E-state index in [1.54, 1.807) is 0 Å². The summed E-state index contributed by atoms with van der Waals surface area (Å²) in [5.41, 5.74) is 1.39. The lowest BCUT2D eigenvalue weighted by molar-refractivity contribution is -0.137. The molecule has 0 saturated heterocycles. The Morgan fingerprint density at radius 2 is 1.78 bits per heavy atom. The second kappa shape index (κ2) is 9.41. The third kappa shape index (κ3) is 5.27. The predicted molar refractivity (Wildman–Crippen MR) is 116 cm³/mol. The summed E-state index contributed by atoms with van der Waals surface area (Å²) in [4.78, 5) is 14.7. The average Bonchev–Trinajstić information content (AvgIpc) is 2.75. The van der Waals surface area contributed by atoms with E-state index in [4.69, 9.17) is 11.6 Å². The van der Waals surface area contributed by atoms with Gasteiger partial charge in [0.2, 0.25) is 0 Å². The molecule has 1 amide bonds. The fourth-order valence-electron chi connectivity index (χ4n) is 4.71. The number of hydrogen-bond donors (Lipinski definition) is 2. The molecule has 2 aromatic rings. The van der Waals surface area contributed by atoms with Crippen molar-refractivity contribution in [1.82, 2.24) is 10.2 Å². The third-order valence-electron chi connectivity index (χ3n) is 6.53. The molecule has 0 bridgehead atoms.